The Morgan fingerprint density at radius 1 is 1.38 bits per heavy atom. The van der Waals surface area contributed by atoms with Crippen LogP contribution in [0.15, 0.2) is 0 Å². The highest BCUT2D eigenvalue weighted by atomic mass is 16.2. The SMILES string of the molecule is CCN(CC)C(=O)CN(C)C1CCCNC1. The summed E-state index contributed by atoms with van der Waals surface area (Å²) >= 11 is 0. The standard InChI is InChI=1S/C12H25N3O/c1-4-15(5-2)12(16)10-14(3)11-7-6-8-13-9-11/h11,13H,4-10H2,1-3H3. The van der Waals surface area contributed by atoms with Crippen molar-refractivity contribution < 1.29 is 4.79 Å². The maximum Gasteiger partial charge on any atom is 0.236 e. The second-order valence-electron chi connectivity index (χ2n) is 4.48. The van der Waals surface area contributed by atoms with Crippen LogP contribution in [0.5, 0.6) is 0 Å². The van der Waals surface area contributed by atoms with E-state index in [4.69, 9.17) is 0 Å². The quantitative estimate of drug-likeness (QED) is 0.744. The number of hydrogen-bond acceptors (Lipinski definition) is 3. The fraction of sp³-hybridized carbons (Fsp3) is 0.917. The zero-order valence-electron chi connectivity index (χ0n) is 10.8. The normalized spacial score (nSPS) is 21.1. The summed E-state index contributed by atoms with van der Waals surface area (Å²) in [6, 6.07) is 0.522. The molecule has 1 heterocycles. The average Bonchev–Trinajstić information content (AvgIpc) is 2.31. The van der Waals surface area contributed by atoms with E-state index >= 15 is 0 Å². The van der Waals surface area contributed by atoms with Gasteiger partial charge in [-0.25, -0.2) is 0 Å². The maximum atomic E-state index is 11.9. The summed E-state index contributed by atoms with van der Waals surface area (Å²) in [5, 5.41) is 3.38. The van der Waals surface area contributed by atoms with Crippen molar-refractivity contribution in [3.63, 3.8) is 0 Å². The van der Waals surface area contributed by atoms with Gasteiger partial charge in [0.1, 0.15) is 0 Å². The second kappa shape index (κ2) is 6.86. The molecular formula is C12H25N3O. The molecule has 0 spiro atoms. The van der Waals surface area contributed by atoms with Crippen molar-refractivity contribution in [1.29, 1.82) is 0 Å². The first-order valence-corrected chi connectivity index (χ1v) is 6.37. The van der Waals surface area contributed by atoms with E-state index in [9.17, 15) is 4.79 Å². The van der Waals surface area contributed by atoms with Gasteiger partial charge in [0, 0.05) is 25.7 Å². The smallest absolute Gasteiger partial charge is 0.236 e. The molecule has 1 rings (SSSR count). The average molecular weight is 227 g/mol. The minimum atomic E-state index is 0.248. The topological polar surface area (TPSA) is 35.6 Å². The van der Waals surface area contributed by atoms with Crippen LogP contribution in [-0.4, -0.2) is 61.5 Å². The van der Waals surface area contributed by atoms with Crippen LogP contribution in [0.3, 0.4) is 0 Å². The summed E-state index contributed by atoms with van der Waals surface area (Å²) in [7, 11) is 2.05. The third-order valence-corrected chi connectivity index (χ3v) is 3.40. The van der Waals surface area contributed by atoms with Crippen molar-refractivity contribution in [3.8, 4) is 0 Å². The number of hydrogen-bond donors (Lipinski definition) is 1. The van der Waals surface area contributed by atoms with E-state index in [2.05, 4.69) is 17.3 Å². The molecule has 1 saturated heterocycles. The highest BCUT2D eigenvalue weighted by Gasteiger charge is 2.20. The van der Waals surface area contributed by atoms with E-state index in [1.165, 1.54) is 12.8 Å². The number of amides is 1. The first kappa shape index (κ1) is 13.5. The zero-order chi connectivity index (χ0) is 12.0. The maximum absolute atomic E-state index is 11.9. The van der Waals surface area contributed by atoms with Gasteiger partial charge >= 0.3 is 0 Å². The molecule has 4 heteroatoms. The van der Waals surface area contributed by atoms with Crippen LogP contribution in [0, 0.1) is 0 Å². The molecule has 0 aromatic heterocycles. The Labute approximate surface area is 99.0 Å². The minimum Gasteiger partial charge on any atom is -0.342 e. The molecule has 16 heavy (non-hydrogen) atoms. The lowest BCUT2D eigenvalue weighted by molar-refractivity contribution is -0.132. The molecule has 1 atom stereocenters. The molecule has 1 aliphatic heterocycles. The summed E-state index contributed by atoms with van der Waals surface area (Å²) in [5.41, 5.74) is 0. The fourth-order valence-electron chi connectivity index (χ4n) is 2.23. The lowest BCUT2D eigenvalue weighted by Gasteiger charge is -2.32. The number of nitrogens with one attached hydrogen (secondary N) is 1. The van der Waals surface area contributed by atoms with Crippen LogP contribution < -0.4 is 5.32 Å². The molecule has 0 bridgehead atoms. The molecule has 1 aliphatic rings. The van der Waals surface area contributed by atoms with E-state index in [1.54, 1.807) is 0 Å². The van der Waals surface area contributed by atoms with Crippen molar-refractivity contribution in [2.75, 3.05) is 39.8 Å². The van der Waals surface area contributed by atoms with E-state index in [0.29, 0.717) is 12.6 Å². The van der Waals surface area contributed by atoms with Crippen LogP contribution in [0.1, 0.15) is 26.7 Å². The predicted molar refractivity (Wildman–Crippen MR) is 66.4 cm³/mol. The number of nitrogens with zero attached hydrogens (tertiary/aromatic N) is 2. The first-order chi connectivity index (χ1) is 7.69. The Morgan fingerprint density at radius 3 is 2.56 bits per heavy atom. The zero-order valence-corrected chi connectivity index (χ0v) is 10.8. The molecule has 0 saturated carbocycles. The highest BCUT2D eigenvalue weighted by Crippen LogP contribution is 2.08. The molecule has 4 nitrogen and oxygen atoms in total. The second-order valence-corrected chi connectivity index (χ2v) is 4.48. The van der Waals surface area contributed by atoms with E-state index < -0.39 is 0 Å². The minimum absolute atomic E-state index is 0.248. The van der Waals surface area contributed by atoms with Gasteiger partial charge in [-0.3, -0.25) is 9.69 Å². The largest absolute Gasteiger partial charge is 0.342 e. The van der Waals surface area contributed by atoms with E-state index in [1.807, 2.05) is 18.7 Å². The van der Waals surface area contributed by atoms with Crippen LogP contribution in [0.25, 0.3) is 0 Å². The lowest BCUT2D eigenvalue weighted by Crippen LogP contribution is -2.48. The van der Waals surface area contributed by atoms with Gasteiger partial charge in [-0.2, -0.15) is 0 Å². The monoisotopic (exact) mass is 227 g/mol. The molecular weight excluding hydrogens is 202 g/mol. The van der Waals surface area contributed by atoms with E-state index in [-0.39, 0.29) is 5.91 Å². The lowest BCUT2D eigenvalue weighted by atomic mass is 10.1. The number of rotatable bonds is 5. The Balaban J connectivity index is 2.36. The van der Waals surface area contributed by atoms with Crippen molar-refractivity contribution in [1.82, 2.24) is 15.1 Å². The molecule has 0 aromatic rings. The molecule has 0 aliphatic carbocycles. The first-order valence-electron chi connectivity index (χ1n) is 6.37. The van der Waals surface area contributed by atoms with Gasteiger partial charge in [-0.1, -0.05) is 0 Å². The van der Waals surface area contributed by atoms with Crippen LogP contribution in [0.4, 0.5) is 0 Å². The Morgan fingerprint density at radius 2 is 2.06 bits per heavy atom. The summed E-state index contributed by atoms with van der Waals surface area (Å²) in [4.78, 5) is 16.0. The van der Waals surface area contributed by atoms with Crippen molar-refractivity contribution >= 4 is 5.91 Å². The van der Waals surface area contributed by atoms with Gasteiger partial charge in [0.05, 0.1) is 6.54 Å². The van der Waals surface area contributed by atoms with Gasteiger partial charge in [-0.15, -0.1) is 0 Å². The Hall–Kier alpha value is -0.610. The predicted octanol–water partition coefficient (Wildman–Crippen LogP) is 0.539. The highest BCUT2D eigenvalue weighted by molar-refractivity contribution is 5.78. The Kier molecular flexibility index (Phi) is 5.77. The third kappa shape index (κ3) is 3.76. The Bertz CT molecular complexity index is 210. The summed E-state index contributed by atoms with van der Waals surface area (Å²) < 4.78 is 0. The number of piperidine rings is 1. The molecule has 0 aromatic carbocycles. The van der Waals surface area contributed by atoms with Crippen LogP contribution >= 0.6 is 0 Å². The van der Waals surface area contributed by atoms with Gasteiger partial charge < -0.3 is 10.2 Å². The number of likely N-dealkylation sites (N-methyl/N-ethyl adjacent to an activating group) is 2. The third-order valence-electron chi connectivity index (χ3n) is 3.40. The van der Waals surface area contributed by atoms with E-state index in [0.717, 1.165) is 26.2 Å². The molecule has 1 unspecified atom stereocenters. The fourth-order valence-corrected chi connectivity index (χ4v) is 2.23. The van der Waals surface area contributed by atoms with Gasteiger partial charge in [0.2, 0.25) is 5.91 Å². The van der Waals surface area contributed by atoms with Crippen molar-refractivity contribution in [2.45, 2.75) is 32.7 Å². The molecule has 1 amide bonds. The number of carbonyl (C=O) groups excluding carboxylic acids is 1. The van der Waals surface area contributed by atoms with Gasteiger partial charge in [-0.05, 0) is 40.3 Å². The van der Waals surface area contributed by atoms with Gasteiger partial charge in [0.25, 0.3) is 0 Å². The van der Waals surface area contributed by atoms with Crippen molar-refractivity contribution in [2.24, 2.45) is 0 Å². The molecule has 0 radical (unpaired) electrons. The molecule has 1 N–H and O–H groups in total. The summed E-state index contributed by atoms with van der Waals surface area (Å²) in [6.07, 6.45) is 2.42. The van der Waals surface area contributed by atoms with Crippen LogP contribution in [-0.2, 0) is 4.79 Å². The summed E-state index contributed by atoms with van der Waals surface area (Å²) in [5.74, 6) is 0.248. The number of carbonyl (C=O) groups is 1. The molecule has 1 fully saturated rings. The van der Waals surface area contributed by atoms with Gasteiger partial charge in [0.15, 0.2) is 0 Å². The molecule has 94 valence electrons. The van der Waals surface area contributed by atoms with Crippen LogP contribution in [0.2, 0.25) is 0 Å². The summed E-state index contributed by atoms with van der Waals surface area (Å²) in [6.45, 7) is 8.37. The van der Waals surface area contributed by atoms with Crippen molar-refractivity contribution in [3.05, 3.63) is 0 Å².